The maximum absolute atomic E-state index is 13.4. The fourth-order valence-electron chi connectivity index (χ4n) is 1.94. The molecular formula is C14H11BFNO2S2. The summed E-state index contributed by atoms with van der Waals surface area (Å²) in [4.78, 5) is 4.51. The van der Waals surface area contributed by atoms with Gasteiger partial charge in [0.25, 0.3) is 0 Å². The van der Waals surface area contributed by atoms with Crippen molar-refractivity contribution < 1.29 is 14.4 Å². The van der Waals surface area contributed by atoms with Crippen LogP contribution in [0.15, 0.2) is 46.8 Å². The van der Waals surface area contributed by atoms with E-state index in [2.05, 4.69) is 4.98 Å². The normalized spacial score (nSPS) is 11.0. The molecule has 2 aromatic carbocycles. The van der Waals surface area contributed by atoms with Gasteiger partial charge < -0.3 is 10.0 Å². The number of benzene rings is 2. The second-order valence-electron chi connectivity index (χ2n) is 4.47. The van der Waals surface area contributed by atoms with Crippen LogP contribution in [0.5, 0.6) is 0 Å². The Morgan fingerprint density at radius 3 is 2.76 bits per heavy atom. The summed E-state index contributed by atoms with van der Waals surface area (Å²) in [5.74, 6) is -0.0152. The zero-order valence-electron chi connectivity index (χ0n) is 10.9. The zero-order valence-corrected chi connectivity index (χ0v) is 12.5. The molecule has 1 aromatic heterocycles. The number of halogens is 1. The molecule has 0 aliphatic heterocycles. The predicted molar refractivity (Wildman–Crippen MR) is 85.4 cm³/mol. The van der Waals surface area contributed by atoms with E-state index in [0.717, 1.165) is 20.1 Å². The Bertz CT molecular complexity index is 746. The molecule has 0 fully saturated rings. The van der Waals surface area contributed by atoms with Gasteiger partial charge in [-0.15, -0.1) is 11.3 Å². The molecule has 0 saturated heterocycles. The number of thioether (sulfide) groups is 1. The molecule has 3 nitrogen and oxygen atoms in total. The topological polar surface area (TPSA) is 53.4 Å². The molecule has 0 radical (unpaired) electrons. The zero-order chi connectivity index (χ0) is 14.8. The highest BCUT2D eigenvalue weighted by molar-refractivity contribution is 8.00. The Labute approximate surface area is 129 Å². The minimum absolute atomic E-state index is 0.0996. The molecule has 0 atom stereocenters. The fraction of sp³-hybridized carbons (Fsp3) is 0.0714. The van der Waals surface area contributed by atoms with Crippen molar-refractivity contribution in [3.8, 4) is 0 Å². The second kappa shape index (κ2) is 6.15. The molecule has 0 bridgehead atoms. The number of rotatable bonds is 4. The maximum Gasteiger partial charge on any atom is 0.491 e. The minimum atomic E-state index is -1.79. The van der Waals surface area contributed by atoms with Crippen LogP contribution < -0.4 is 5.46 Å². The van der Waals surface area contributed by atoms with Crippen LogP contribution in [0.4, 0.5) is 4.39 Å². The molecule has 1 heterocycles. The van der Waals surface area contributed by atoms with E-state index < -0.39 is 12.9 Å². The van der Waals surface area contributed by atoms with Crippen LogP contribution in [-0.4, -0.2) is 22.2 Å². The third-order valence-electron chi connectivity index (χ3n) is 2.98. The number of thiazole rings is 1. The number of nitrogens with zero attached hydrogens (tertiary/aromatic N) is 1. The Kier molecular flexibility index (Phi) is 4.25. The van der Waals surface area contributed by atoms with E-state index in [9.17, 15) is 4.39 Å². The van der Waals surface area contributed by atoms with Gasteiger partial charge in [0, 0.05) is 11.2 Å². The van der Waals surface area contributed by atoms with Gasteiger partial charge in [-0.2, -0.15) is 0 Å². The highest BCUT2D eigenvalue weighted by Gasteiger charge is 2.17. The van der Waals surface area contributed by atoms with E-state index >= 15 is 0 Å². The molecular weight excluding hydrogens is 308 g/mol. The first kappa shape index (κ1) is 14.5. The van der Waals surface area contributed by atoms with Gasteiger partial charge in [0.2, 0.25) is 0 Å². The molecule has 3 aromatic rings. The smallest absolute Gasteiger partial charge is 0.423 e. The SMILES string of the molecule is OB(O)c1cc(CSc2nc3ccccc3s2)ccc1F. The number of hydrogen-bond acceptors (Lipinski definition) is 5. The lowest BCUT2D eigenvalue weighted by molar-refractivity contribution is 0.423. The summed E-state index contributed by atoms with van der Waals surface area (Å²) in [7, 11) is -1.79. The Hall–Kier alpha value is -1.41. The summed E-state index contributed by atoms with van der Waals surface area (Å²) >= 11 is 3.16. The number of aromatic nitrogens is 1. The fourth-order valence-corrected chi connectivity index (χ4v) is 3.95. The van der Waals surface area contributed by atoms with Crippen LogP contribution >= 0.6 is 23.1 Å². The predicted octanol–water partition coefficient (Wildman–Crippen LogP) is 2.41. The Balaban J connectivity index is 1.76. The van der Waals surface area contributed by atoms with Crippen molar-refractivity contribution in [3.63, 3.8) is 0 Å². The van der Waals surface area contributed by atoms with Crippen molar-refractivity contribution in [2.45, 2.75) is 10.1 Å². The molecule has 0 amide bonds. The van der Waals surface area contributed by atoms with E-state index in [4.69, 9.17) is 10.0 Å². The highest BCUT2D eigenvalue weighted by atomic mass is 32.2. The first-order chi connectivity index (χ1) is 10.1. The molecule has 7 heteroatoms. The molecule has 21 heavy (non-hydrogen) atoms. The van der Waals surface area contributed by atoms with Gasteiger partial charge in [0.05, 0.1) is 10.2 Å². The lowest BCUT2D eigenvalue weighted by atomic mass is 9.79. The third kappa shape index (κ3) is 3.27. The quantitative estimate of drug-likeness (QED) is 0.573. The van der Waals surface area contributed by atoms with Crippen molar-refractivity contribution in [1.82, 2.24) is 4.98 Å². The highest BCUT2D eigenvalue weighted by Crippen LogP contribution is 2.31. The summed E-state index contributed by atoms with van der Waals surface area (Å²) in [6, 6.07) is 12.3. The standard InChI is InChI=1S/C14H11BFNO2S2/c16-11-6-5-9(7-10(11)15(18)19)8-20-14-17-12-3-1-2-4-13(12)21-14/h1-7,18-19H,8H2. The van der Waals surface area contributed by atoms with E-state index in [0.29, 0.717) is 5.75 Å². The summed E-state index contributed by atoms with van der Waals surface area (Å²) < 4.78 is 15.5. The van der Waals surface area contributed by atoms with Crippen LogP contribution in [0.1, 0.15) is 5.56 Å². The summed E-state index contributed by atoms with van der Waals surface area (Å²) in [6.45, 7) is 0. The van der Waals surface area contributed by atoms with E-state index in [1.807, 2.05) is 24.3 Å². The van der Waals surface area contributed by atoms with Gasteiger partial charge >= 0.3 is 7.12 Å². The molecule has 0 aliphatic carbocycles. The molecule has 0 saturated carbocycles. The molecule has 0 spiro atoms. The molecule has 106 valence electrons. The van der Waals surface area contributed by atoms with E-state index in [-0.39, 0.29) is 5.46 Å². The van der Waals surface area contributed by atoms with Gasteiger partial charge in [0.1, 0.15) is 5.82 Å². The van der Waals surface area contributed by atoms with Crippen molar-refractivity contribution in [1.29, 1.82) is 0 Å². The van der Waals surface area contributed by atoms with Gasteiger partial charge in [-0.05, 0) is 23.8 Å². The van der Waals surface area contributed by atoms with Crippen LogP contribution in [0.3, 0.4) is 0 Å². The van der Waals surface area contributed by atoms with Crippen molar-refractivity contribution in [3.05, 3.63) is 53.8 Å². The van der Waals surface area contributed by atoms with Gasteiger partial charge in [-0.1, -0.05) is 36.0 Å². The average Bonchev–Trinajstić information content (AvgIpc) is 2.89. The van der Waals surface area contributed by atoms with Crippen LogP contribution in [-0.2, 0) is 5.75 Å². The van der Waals surface area contributed by atoms with Crippen LogP contribution in [0.25, 0.3) is 10.2 Å². The van der Waals surface area contributed by atoms with E-state index in [1.165, 1.54) is 12.1 Å². The van der Waals surface area contributed by atoms with Gasteiger partial charge in [0.15, 0.2) is 4.34 Å². The summed E-state index contributed by atoms with van der Waals surface area (Å²) in [6.07, 6.45) is 0. The molecule has 3 rings (SSSR count). The second-order valence-corrected chi connectivity index (χ2v) is 6.72. The first-order valence-corrected chi connectivity index (χ1v) is 8.06. The van der Waals surface area contributed by atoms with Crippen molar-refractivity contribution in [2.75, 3.05) is 0 Å². The average molecular weight is 319 g/mol. The summed E-state index contributed by atoms with van der Waals surface area (Å²) in [5.41, 5.74) is 1.69. The number of hydrogen-bond donors (Lipinski definition) is 2. The molecule has 2 N–H and O–H groups in total. The molecule has 0 aliphatic rings. The summed E-state index contributed by atoms with van der Waals surface area (Å²) in [5, 5.41) is 18.2. The van der Waals surface area contributed by atoms with Crippen molar-refractivity contribution in [2.24, 2.45) is 0 Å². The Morgan fingerprint density at radius 1 is 1.19 bits per heavy atom. The van der Waals surface area contributed by atoms with Gasteiger partial charge in [-0.25, -0.2) is 9.37 Å². The van der Waals surface area contributed by atoms with Crippen LogP contribution in [0.2, 0.25) is 0 Å². The first-order valence-electron chi connectivity index (χ1n) is 6.26. The van der Waals surface area contributed by atoms with E-state index in [1.54, 1.807) is 29.2 Å². The lowest BCUT2D eigenvalue weighted by Crippen LogP contribution is -2.32. The van der Waals surface area contributed by atoms with Gasteiger partial charge in [-0.3, -0.25) is 0 Å². The van der Waals surface area contributed by atoms with Crippen LogP contribution in [0, 0.1) is 5.82 Å². The minimum Gasteiger partial charge on any atom is -0.423 e. The monoisotopic (exact) mass is 319 g/mol. The van der Waals surface area contributed by atoms with Crippen molar-refractivity contribution >= 4 is 45.9 Å². The Morgan fingerprint density at radius 2 is 2.00 bits per heavy atom. The largest absolute Gasteiger partial charge is 0.491 e. The number of para-hydroxylation sites is 1. The third-order valence-corrected chi connectivity index (χ3v) is 5.23. The lowest BCUT2D eigenvalue weighted by Gasteiger charge is -2.05. The number of fused-ring (bicyclic) bond motifs is 1. The maximum atomic E-state index is 13.4. The molecule has 0 unspecified atom stereocenters.